The Morgan fingerprint density at radius 1 is 1.21 bits per heavy atom. The minimum absolute atomic E-state index is 0.233. The van der Waals surface area contributed by atoms with Gasteiger partial charge in [0.15, 0.2) is 5.79 Å². The average molecular weight is 343 g/mol. The smallest absolute Gasteiger partial charge is 0.168 e. The zero-order valence-corrected chi connectivity index (χ0v) is 13.3. The van der Waals surface area contributed by atoms with Crippen molar-refractivity contribution in [3.8, 4) is 0 Å². The summed E-state index contributed by atoms with van der Waals surface area (Å²) in [6, 6.07) is 8.56. The van der Waals surface area contributed by atoms with Gasteiger partial charge in [-0.25, -0.2) is 0 Å². The molecule has 104 valence electrons. The third kappa shape index (κ3) is 3.54. The number of thioether (sulfide) groups is 1. The predicted molar refractivity (Wildman–Crippen MR) is 81.5 cm³/mol. The molecule has 1 saturated carbocycles. The van der Waals surface area contributed by atoms with Crippen LogP contribution < -0.4 is 0 Å². The van der Waals surface area contributed by atoms with E-state index in [2.05, 4.69) is 40.2 Å². The van der Waals surface area contributed by atoms with Gasteiger partial charge in [-0.2, -0.15) is 0 Å². The van der Waals surface area contributed by atoms with Gasteiger partial charge in [0.2, 0.25) is 0 Å². The molecule has 1 aliphatic carbocycles. The molecule has 1 aliphatic heterocycles. The first-order valence-corrected chi connectivity index (χ1v) is 8.70. The molecule has 3 rings (SSSR count). The molecule has 0 bridgehead atoms. The van der Waals surface area contributed by atoms with Gasteiger partial charge in [-0.3, -0.25) is 0 Å². The highest BCUT2D eigenvalue weighted by molar-refractivity contribution is 9.10. The number of hydrogen-bond donors (Lipinski definition) is 0. The molecule has 4 heteroatoms. The summed E-state index contributed by atoms with van der Waals surface area (Å²) in [6.45, 7) is 1.54. The van der Waals surface area contributed by atoms with Crippen molar-refractivity contribution in [2.24, 2.45) is 5.92 Å². The highest BCUT2D eigenvalue weighted by atomic mass is 79.9. The van der Waals surface area contributed by atoms with E-state index in [1.165, 1.54) is 17.7 Å². The summed E-state index contributed by atoms with van der Waals surface area (Å²) in [5.41, 5.74) is 0. The van der Waals surface area contributed by atoms with Crippen LogP contribution in [0.2, 0.25) is 0 Å². The van der Waals surface area contributed by atoms with E-state index >= 15 is 0 Å². The van der Waals surface area contributed by atoms with Crippen LogP contribution in [0.25, 0.3) is 0 Å². The van der Waals surface area contributed by atoms with Gasteiger partial charge < -0.3 is 9.47 Å². The molecule has 0 radical (unpaired) electrons. The molecule has 2 aliphatic rings. The van der Waals surface area contributed by atoms with Crippen molar-refractivity contribution in [2.45, 2.75) is 36.4 Å². The molecule has 1 aromatic rings. The molecule has 0 aromatic heterocycles. The van der Waals surface area contributed by atoms with Crippen LogP contribution >= 0.6 is 27.7 Å². The topological polar surface area (TPSA) is 18.5 Å². The Balaban J connectivity index is 1.53. The minimum Gasteiger partial charge on any atom is -0.348 e. The van der Waals surface area contributed by atoms with Gasteiger partial charge in [0.25, 0.3) is 0 Å². The Morgan fingerprint density at radius 3 is 2.68 bits per heavy atom. The van der Waals surface area contributed by atoms with Gasteiger partial charge >= 0.3 is 0 Å². The first-order chi connectivity index (χ1) is 9.26. The maximum Gasteiger partial charge on any atom is 0.168 e. The molecule has 0 N–H and O–H groups in total. The van der Waals surface area contributed by atoms with Crippen LogP contribution in [0.3, 0.4) is 0 Å². The summed E-state index contributed by atoms with van der Waals surface area (Å²) in [6.07, 6.45) is 4.67. The van der Waals surface area contributed by atoms with Gasteiger partial charge in [-0.05, 0) is 43.0 Å². The van der Waals surface area contributed by atoms with E-state index in [-0.39, 0.29) is 5.79 Å². The van der Waals surface area contributed by atoms with Crippen LogP contribution in [-0.4, -0.2) is 24.8 Å². The maximum atomic E-state index is 5.84. The van der Waals surface area contributed by atoms with E-state index < -0.39 is 0 Å². The number of rotatable bonds is 3. The fourth-order valence-electron chi connectivity index (χ4n) is 2.95. The van der Waals surface area contributed by atoms with E-state index in [1.807, 2.05) is 11.8 Å². The molecule has 2 fully saturated rings. The lowest BCUT2D eigenvalue weighted by atomic mass is 9.86. The Morgan fingerprint density at radius 2 is 1.95 bits per heavy atom. The molecule has 1 heterocycles. The number of halogens is 1. The van der Waals surface area contributed by atoms with Crippen molar-refractivity contribution in [1.29, 1.82) is 0 Å². The second-order valence-electron chi connectivity index (χ2n) is 5.33. The van der Waals surface area contributed by atoms with Gasteiger partial charge in [0.05, 0.1) is 13.2 Å². The Labute approximate surface area is 127 Å². The quantitative estimate of drug-likeness (QED) is 0.754. The lowest BCUT2D eigenvalue weighted by Crippen LogP contribution is -2.37. The third-order valence-corrected chi connectivity index (χ3v) is 5.65. The van der Waals surface area contributed by atoms with Crippen molar-refractivity contribution in [3.63, 3.8) is 0 Å². The molecule has 1 spiro atoms. The lowest BCUT2D eigenvalue weighted by Gasteiger charge is -2.36. The highest BCUT2D eigenvalue weighted by Crippen LogP contribution is 2.40. The van der Waals surface area contributed by atoms with Crippen LogP contribution in [-0.2, 0) is 9.47 Å². The van der Waals surface area contributed by atoms with Crippen LogP contribution in [0, 0.1) is 5.92 Å². The van der Waals surface area contributed by atoms with Crippen LogP contribution in [0.1, 0.15) is 25.7 Å². The van der Waals surface area contributed by atoms with Crippen LogP contribution in [0.5, 0.6) is 0 Å². The Hall–Kier alpha value is -0.0300. The average Bonchev–Trinajstić information content (AvgIpc) is 2.86. The van der Waals surface area contributed by atoms with Gasteiger partial charge in [0.1, 0.15) is 0 Å². The molecule has 19 heavy (non-hydrogen) atoms. The predicted octanol–water partition coefficient (Wildman–Crippen LogP) is 4.47. The van der Waals surface area contributed by atoms with Gasteiger partial charge in [0, 0.05) is 28.0 Å². The molecule has 0 amide bonds. The fraction of sp³-hybridized carbons (Fsp3) is 0.600. The molecule has 1 atom stereocenters. The number of ether oxygens (including phenoxy) is 2. The summed E-state index contributed by atoms with van der Waals surface area (Å²) in [5.74, 6) is 1.64. The van der Waals surface area contributed by atoms with Crippen molar-refractivity contribution < 1.29 is 9.47 Å². The lowest BCUT2D eigenvalue weighted by molar-refractivity contribution is -0.185. The standard InChI is InChI=1S/C15H19BrO2S/c16-13-3-5-14(6-4-13)19-11-12-2-1-7-15(10-12)17-8-9-18-15/h3-6,12H,1-2,7-11H2/t12-/m1/s1. The first-order valence-electron chi connectivity index (χ1n) is 6.92. The van der Waals surface area contributed by atoms with Gasteiger partial charge in [-0.1, -0.05) is 15.9 Å². The van der Waals surface area contributed by atoms with Crippen molar-refractivity contribution in [3.05, 3.63) is 28.7 Å². The number of benzene rings is 1. The second kappa shape index (κ2) is 6.17. The normalized spacial score (nSPS) is 25.8. The monoisotopic (exact) mass is 342 g/mol. The second-order valence-corrected chi connectivity index (χ2v) is 7.34. The Bertz CT molecular complexity index is 415. The largest absolute Gasteiger partial charge is 0.348 e. The third-order valence-electron chi connectivity index (χ3n) is 3.88. The zero-order chi connectivity index (χ0) is 13.1. The van der Waals surface area contributed by atoms with Crippen molar-refractivity contribution in [2.75, 3.05) is 19.0 Å². The fourth-order valence-corrected chi connectivity index (χ4v) is 4.26. The zero-order valence-electron chi connectivity index (χ0n) is 10.9. The molecule has 0 unspecified atom stereocenters. The number of hydrogen-bond acceptors (Lipinski definition) is 3. The summed E-state index contributed by atoms with van der Waals surface area (Å²) in [4.78, 5) is 1.34. The van der Waals surface area contributed by atoms with Crippen molar-refractivity contribution >= 4 is 27.7 Å². The molecule has 1 saturated heterocycles. The summed E-state index contributed by atoms with van der Waals surface area (Å²) in [5, 5.41) is 0. The summed E-state index contributed by atoms with van der Waals surface area (Å²) < 4.78 is 12.8. The first kappa shape index (κ1) is 13.9. The highest BCUT2D eigenvalue weighted by Gasteiger charge is 2.41. The molecular formula is C15H19BrO2S. The maximum absolute atomic E-state index is 5.84. The van der Waals surface area contributed by atoms with Crippen LogP contribution in [0.15, 0.2) is 33.6 Å². The summed E-state index contributed by atoms with van der Waals surface area (Å²) in [7, 11) is 0. The van der Waals surface area contributed by atoms with E-state index in [1.54, 1.807) is 0 Å². The van der Waals surface area contributed by atoms with E-state index in [4.69, 9.17) is 9.47 Å². The molecule has 2 nitrogen and oxygen atoms in total. The van der Waals surface area contributed by atoms with Crippen LogP contribution in [0.4, 0.5) is 0 Å². The Kier molecular flexibility index (Phi) is 4.52. The van der Waals surface area contributed by atoms with E-state index in [0.717, 1.165) is 36.3 Å². The van der Waals surface area contributed by atoms with E-state index in [0.29, 0.717) is 5.92 Å². The summed E-state index contributed by atoms with van der Waals surface area (Å²) >= 11 is 5.42. The minimum atomic E-state index is -0.233. The van der Waals surface area contributed by atoms with E-state index in [9.17, 15) is 0 Å². The molecule has 1 aromatic carbocycles. The molecular weight excluding hydrogens is 324 g/mol. The van der Waals surface area contributed by atoms with Crippen molar-refractivity contribution in [1.82, 2.24) is 0 Å². The van der Waals surface area contributed by atoms with Gasteiger partial charge in [-0.15, -0.1) is 11.8 Å². The SMILES string of the molecule is Brc1ccc(SC[C@@H]2CCCC3(C2)OCCO3)cc1.